The van der Waals surface area contributed by atoms with Gasteiger partial charge >= 0.3 is 0 Å². The molecule has 0 aromatic heterocycles. The van der Waals surface area contributed by atoms with Crippen molar-refractivity contribution in [3.8, 4) is 0 Å². The molecule has 0 heterocycles. The van der Waals surface area contributed by atoms with Gasteiger partial charge in [0.1, 0.15) is 6.29 Å². The van der Waals surface area contributed by atoms with Gasteiger partial charge in [0.2, 0.25) is 0 Å². The smallest absolute Gasteiger partial charge is 0.142 e. The molecule has 1 nitrogen and oxygen atoms in total. The van der Waals surface area contributed by atoms with E-state index in [1.807, 2.05) is 13.0 Å². The largest absolute Gasteiger partial charge is 0.299 e. The van der Waals surface area contributed by atoms with Crippen LogP contribution in [0, 0.1) is 0 Å². The Labute approximate surface area is 65.7 Å². The fourth-order valence-corrected chi connectivity index (χ4v) is 0.520. The van der Waals surface area contributed by atoms with Crippen LogP contribution in [-0.4, -0.2) is 6.29 Å². The van der Waals surface area contributed by atoms with E-state index in [1.54, 1.807) is 12.2 Å². The Bertz CT molecular complexity index is 178. The van der Waals surface area contributed by atoms with Gasteiger partial charge in [0.15, 0.2) is 0 Å². The van der Waals surface area contributed by atoms with Crippen molar-refractivity contribution in [2.24, 2.45) is 0 Å². The van der Waals surface area contributed by atoms with E-state index < -0.39 is 0 Å². The average molecular weight is 157 g/mol. The summed E-state index contributed by atoms with van der Waals surface area (Å²) < 4.78 is 0. The summed E-state index contributed by atoms with van der Waals surface area (Å²) in [6.07, 6.45) is 8.94. The van der Waals surface area contributed by atoms with Crippen LogP contribution in [0.5, 0.6) is 0 Å². The first-order valence-electron chi connectivity index (χ1n) is 2.91. The van der Waals surface area contributed by atoms with Crippen LogP contribution >= 0.6 is 11.6 Å². The van der Waals surface area contributed by atoms with Gasteiger partial charge in [0, 0.05) is 5.03 Å². The van der Waals surface area contributed by atoms with Gasteiger partial charge in [0.25, 0.3) is 0 Å². The van der Waals surface area contributed by atoms with Crippen LogP contribution in [0.4, 0.5) is 0 Å². The highest BCUT2D eigenvalue weighted by Crippen LogP contribution is 2.01. The summed E-state index contributed by atoms with van der Waals surface area (Å²) in [6, 6.07) is 0. The summed E-state index contributed by atoms with van der Waals surface area (Å²) in [7, 11) is 0. The lowest BCUT2D eigenvalue weighted by Crippen LogP contribution is -1.62. The fraction of sp³-hybridized carbons (Fsp3) is 0.125. The average Bonchev–Trinajstić information content (AvgIpc) is 1.97. The topological polar surface area (TPSA) is 17.1 Å². The number of carbonyl (C=O) groups excluding carboxylic acids is 1. The number of rotatable bonds is 3. The molecule has 0 aromatic carbocycles. The van der Waals surface area contributed by atoms with Gasteiger partial charge in [-0.2, -0.15) is 0 Å². The molecule has 2 heteroatoms. The lowest BCUT2D eigenvalue weighted by atomic mass is 10.4. The number of carbonyl (C=O) groups is 1. The minimum atomic E-state index is 0.546. The molecule has 0 amide bonds. The van der Waals surface area contributed by atoms with Gasteiger partial charge < -0.3 is 0 Å². The van der Waals surface area contributed by atoms with E-state index in [-0.39, 0.29) is 0 Å². The summed E-state index contributed by atoms with van der Waals surface area (Å²) in [5.74, 6) is 0. The molecule has 10 heavy (non-hydrogen) atoms. The maximum atomic E-state index is 9.79. The molecule has 0 fully saturated rings. The zero-order valence-electron chi connectivity index (χ0n) is 5.75. The van der Waals surface area contributed by atoms with Crippen molar-refractivity contribution in [2.45, 2.75) is 6.92 Å². The minimum Gasteiger partial charge on any atom is -0.299 e. The van der Waals surface area contributed by atoms with Crippen molar-refractivity contribution in [1.29, 1.82) is 0 Å². The van der Waals surface area contributed by atoms with Crippen molar-refractivity contribution < 1.29 is 4.79 Å². The molecule has 0 unspecified atom stereocenters. The Kier molecular flexibility index (Phi) is 5.79. The maximum absolute atomic E-state index is 9.79. The van der Waals surface area contributed by atoms with E-state index in [2.05, 4.69) is 0 Å². The predicted octanol–water partition coefficient (Wildman–Crippen LogP) is 2.44. The quantitative estimate of drug-likeness (QED) is 0.349. The van der Waals surface area contributed by atoms with Gasteiger partial charge in [-0.25, -0.2) is 0 Å². The van der Waals surface area contributed by atoms with E-state index in [1.165, 1.54) is 12.2 Å². The van der Waals surface area contributed by atoms with E-state index in [0.717, 1.165) is 0 Å². The maximum Gasteiger partial charge on any atom is 0.142 e. The Morgan fingerprint density at radius 1 is 1.40 bits per heavy atom. The van der Waals surface area contributed by atoms with Crippen molar-refractivity contribution in [3.63, 3.8) is 0 Å². The van der Waals surface area contributed by atoms with E-state index >= 15 is 0 Å². The van der Waals surface area contributed by atoms with Crippen molar-refractivity contribution in [1.82, 2.24) is 0 Å². The van der Waals surface area contributed by atoms with E-state index in [9.17, 15) is 4.79 Å². The molecule has 0 aliphatic heterocycles. The SMILES string of the molecule is C\C=C/C=C(Cl)\C=C\C=O. The molecule has 0 radical (unpaired) electrons. The number of hydrogen-bond acceptors (Lipinski definition) is 1. The van der Waals surface area contributed by atoms with Gasteiger partial charge in [0.05, 0.1) is 0 Å². The third-order valence-corrected chi connectivity index (χ3v) is 1.03. The van der Waals surface area contributed by atoms with Gasteiger partial charge in [-0.3, -0.25) is 4.79 Å². The highest BCUT2D eigenvalue weighted by molar-refractivity contribution is 6.31. The Morgan fingerprint density at radius 2 is 2.10 bits per heavy atom. The predicted molar refractivity (Wildman–Crippen MR) is 44.0 cm³/mol. The van der Waals surface area contributed by atoms with Crippen molar-refractivity contribution in [2.75, 3.05) is 0 Å². The third kappa shape index (κ3) is 5.32. The second-order valence-electron chi connectivity index (χ2n) is 1.57. The van der Waals surface area contributed by atoms with Crippen LogP contribution in [0.1, 0.15) is 6.92 Å². The first-order valence-corrected chi connectivity index (χ1v) is 3.29. The summed E-state index contributed by atoms with van der Waals surface area (Å²) in [4.78, 5) is 9.79. The monoisotopic (exact) mass is 156 g/mol. The molecule has 0 atom stereocenters. The summed E-state index contributed by atoms with van der Waals surface area (Å²) in [6.45, 7) is 1.89. The molecule has 0 saturated carbocycles. The summed E-state index contributed by atoms with van der Waals surface area (Å²) >= 11 is 5.60. The molecule has 0 aliphatic rings. The Morgan fingerprint density at radius 3 is 2.60 bits per heavy atom. The van der Waals surface area contributed by atoms with Gasteiger partial charge in [-0.1, -0.05) is 23.8 Å². The van der Waals surface area contributed by atoms with Crippen LogP contribution in [0.3, 0.4) is 0 Å². The highest BCUT2D eigenvalue weighted by Gasteiger charge is 1.77. The molecule has 0 spiro atoms. The second-order valence-corrected chi connectivity index (χ2v) is 2.01. The van der Waals surface area contributed by atoms with Crippen LogP contribution in [0.15, 0.2) is 35.4 Å². The van der Waals surface area contributed by atoms with Gasteiger partial charge in [-0.15, -0.1) is 0 Å². The molecule has 0 aromatic rings. The second kappa shape index (κ2) is 6.30. The van der Waals surface area contributed by atoms with Crippen LogP contribution < -0.4 is 0 Å². The van der Waals surface area contributed by atoms with Crippen molar-refractivity contribution in [3.05, 3.63) is 35.4 Å². The molecule has 0 saturated heterocycles. The van der Waals surface area contributed by atoms with Crippen LogP contribution in [-0.2, 0) is 4.79 Å². The fourth-order valence-electron chi connectivity index (χ4n) is 0.375. The van der Waals surface area contributed by atoms with Crippen molar-refractivity contribution >= 4 is 17.9 Å². The third-order valence-electron chi connectivity index (χ3n) is 0.782. The molecule has 0 rings (SSSR count). The van der Waals surface area contributed by atoms with Crippen LogP contribution in [0.2, 0.25) is 0 Å². The number of aldehydes is 1. The van der Waals surface area contributed by atoms with E-state index in [0.29, 0.717) is 11.3 Å². The lowest BCUT2D eigenvalue weighted by molar-refractivity contribution is -0.104. The Hall–Kier alpha value is -0.820. The normalized spacial score (nSPS) is 13.2. The molecular formula is C8H9ClO. The lowest BCUT2D eigenvalue weighted by Gasteiger charge is -1.80. The molecule has 0 bridgehead atoms. The number of allylic oxidation sites excluding steroid dienone is 6. The van der Waals surface area contributed by atoms with E-state index in [4.69, 9.17) is 11.6 Å². The van der Waals surface area contributed by atoms with Crippen LogP contribution in [0.25, 0.3) is 0 Å². The molecule has 54 valence electrons. The Balaban J connectivity index is 3.93. The standard InChI is InChI=1S/C8H9ClO/c1-2-3-5-8(9)6-4-7-10/h2-7H,1H3/b3-2-,6-4+,8-5+. The number of halogens is 1. The zero-order chi connectivity index (χ0) is 7.82. The minimum absolute atomic E-state index is 0.546. The van der Waals surface area contributed by atoms with Gasteiger partial charge in [-0.05, 0) is 25.2 Å². The molecule has 0 aliphatic carbocycles. The summed E-state index contributed by atoms with van der Waals surface area (Å²) in [5, 5.41) is 0.546. The first-order chi connectivity index (χ1) is 4.81. The molecule has 0 N–H and O–H groups in total. The number of hydrogen-bond donors (Lipinski definition) is 0. The summed E-state index contributed by atoms with van der Waals surface area (Å²) in [5.41, 5.74) is 0. The highest BCUT2D eigenvalue weighted by atomic mass is 35.5. The molecular weight excluding hydrogens is 148 g/mol. The zero-order valence-corrected chi connectivity index (χ0v) is 6.51. The first kappa shape index (κ1) is 9.18.